The van der Waals surface area contributed by atoms with Gasteiger partial charge in [0.25, 0.3) is 0 Å². The van der Waals surface area contributed by atoms with Gasteiger partial charge in [0.1, 0.15) is 0 Å². The summed E-state index contributed by atoms with van der Waals surface area (Å²) in [5, 5.41) is 0. The zero-order valence-electron chi connectivity index (χ0n) is 12.2. The third-order valence-electron chi connectivity index (χ3n) is 3.16. The maximum Gasteiger partial charge on any atom is 0.416 e. The van der Waals surface area contributed by atoms with Gasteiger partial charge in [-0.05, 0) is 24.6 Å². The van der Waals surface area contributed by atoms with E-state index in [9.17, 15) is 18.0 Å². The largest absolute Gasteiger partial charge is 0.462 e. The Hall–Kier alpha value is -1.52. The molecule has 0 saturated carbocycles. The number of esters is 1. The van der Waals surface area contributed by atoms with Gasteiger partial charge in [-0.2, -0.15) is 13.2 Å². The molecule has 0 spiro atoms. The van der Waals surface area contributed by atoms with Crippen LogP contribution in [0.5, 0.6) is 0 Å². The highest BCUT2D eigenvalue weighted by Crippen LogP contribution is 2.29. The van der Waals surface area contributed by atoms with E-state index in [0.29, 0.717) is 0 Å². The minimum atomic E-state index is -4.45. The molecule has 118 valence electrons. The molecular formula is C16H21F3O2. The summed E-state index contributed by atoms with van der Waals surface area (Å²) in [6, 6.07) is 4.30. The van der Waals surface area contributed by atoms with E-state index in [1.54, 1.807) is 0 Å². The van der Waals surface area contributed by atoms with Gasteiger partial charge >= 0.3 is 12.1 Å². The van der Waals surface area contributed by atoms with Gasteiger partial charge in [0, 0.05) is 0 Å². The van der Waals surface area contributed by atoms with Gasteiger partial charge in [-0.25, -0.2) is 4.79 Å². The van der Waals surface area contributed by atoms with E-state index in [2.05, 4.69) is 6.92 Å². The molecule has 0 aliphatic carbocycles. The predicted molar refractivity (Wildman–Crippen MR) is 75.1 cm³/mol. The van der Waals surface area contributed by atoms with Crippen molar-refractivity contribution in [2.75, 3.05) is 6.61 Å². The minimum Gasteiger partial charge on any atom is -0.462 e. The number of carbonyl (C=O) groups is 1. The van der Waals surface area contributed by atoms with Crippen LogP contribution >= 0.6 is 0 Å². The van der Waals surface area contributed by atoms with Crippen LogP contribution in [0.25, 0.3) is 0 Å². The van der Waals surface area contributed by atoms with E-state index in [4.69, 9.17) is 4.74 Å². The van der Waals surface area contributed by atoms with Gasteiger partial charge in [0.2, 0.25) is 0 Å². The first-order valence-corrected chi connectivity index (χ1v) is 7.29. The van der Waals surface area contributed by atoms with E-state index in [-0.39, 0.29) is 12.2 Å². The van der Waals surface area contributed by atoms with Crippen molar-refractivity contribution in [3.8, 4) is 0 Å². The molecular weight excluding hydrogens is 281 g/mol. The minimum absolute atomic E-state index is 0.0594. The quantitative estimate of drug-likeness (QED) is 0.486. The number of carbonyl (C=O) groups excluding carboxylic acids is 1. The molecule has 0 bridgehead atoms. The number of hydrogen-bond donors (Lipinski definition) is 0. The van der Waals surface area contributed by atoms with Crippen LogP contribution in [0.3, 0.4) is 0 Å². The third-order valence-corrected chi connectivity index (χ3v) is 3.16. The monoisotopic (exact) mass is 302 g/mol. The van der Waals surface area contributed by atoms with Crippen LogP contribution in [0, 0.1) is 0 Å². The van der Waals surface area contributed by atoms with Crippen molar-refractivity contribution in [1.29, 1.82) is 0 Å². The van der Waals surface area contributed by atoms with Crippen LogP contribution < -0.4 is 0 Å². The first-order valence-electron chi connectivity index (χ1n) is 7.29. The molecule has 0 aliphatic heterocycles. The second-order valence-corrected chi connectivity index (χ2v) is 4.98. The van der Waals surface area contributed by atoms with Crippen LogP contribution in [0.1, 0.15) is 61.4 Å². The van der Waals surface area contributed by atoms with Gasteiger partial charge in [-0.3, -0.25) is 0 Å². The molecule has 0 atom stereocenters. The van der Waals surface area contributed by atoms with E-state index >= 15 is 0 Å². The van der Waals surface area contributed by atoms with Crippen LogP contribution in [0.15, 0.2) is 24.3 Å². The fraction of sp³-hybridized carbons (Fsp3) is 0.562. The number of alkyl halides is 3. The SMILES string of the molecule is CCCCCCCCOC(=O)c1cccc(C(F)(F)F)c1. The summed E-state index contributed by atoms with van der Waals surface area (Å²) in [5.41, 5.74) is -0.896. The normalized spacial score (nSPS) is 11.4. The van der Waals surface area contributed by atoms with Gasteiger partial charge in [0.05, 0.1) is 17.7 Å². The molecule has 0 heterocycles. The third kappa shape index (κ3) is 6.65. The summed E-state index contributed by atoms with van der Waals surface area (Å²) < 4.78 is 42.6. The van der Waals surface area contributed by atoms with Crippen molar-refractivity contribution >= 4 is 5.97 Å². The lowest BCUT2D eigenvalue weighted by Gasteiger charge is -2.09. The van der Waals surface area contributed by atoms with Crippen molar-refractivity contribution in [1.82, 2.24) is 0 Å². The van der Waals surface area contributed by atoms with Crippen LogP contribution in [-0.2, 0) is 10.9 Å². The Morgan fingerprint density at radius 1 is 1.10 bits per heavy atom. The van der Waals surface area contributed by atoms with Crippen molar-refractivity contribution < 1.29 is 22.7 Å². The lowest BCUT2D eigenvalue weighted by molar-refractivity contribution is -0.137. The number of rotatable bonds is 8. The lowest BCUT2D eigenvalue weighted by atomic mass is 10.1. The predicted octanol–water partition coefficient (Wildman–Crippen LogP) is 5.22. The van der Waals surface area contributed by atoms with Crippen LogP contribution in [0.2, 0.25) is 0 Å². The average molecular weight is 302 g/mol. The summed E-state index contributed by atoms with van der Waals surface area (Å²) in [6.45, 7) is 2.39. The first-order chi connectivity index (χ1) is 9.95. The Labute approximate surface area is 123 Å². The molecule has 0 unspecified atom stereocenters. The lowest BCUT2D eigenvalue weighted by Crippen LogP contribution is -2.10. The molecule has 0 aliphatic rings. The fourth-order valence-electron chi connectivity index (χ4n) is 1.95. The molecule has 0 aromatic heterocycles. The van der Waals surface area contributed by atoms with Crippen LogP contribution in [-0.4, -0.2) is 12.6 Å². The number of ether oxygens (including phenoxy) is 1. The number of halogens is 3. The molecule has 0 fully saturated rings. The second-order valence-electron chi connectivity index (χ2n) is 4.98. The molecule has 21 heavy (non-hydrogen) atoms. The van der Waals surface area contributed by atoms with Crippen molar-refractivity contribution in [2.45, 2.75) is 51.6 Å². The zero-order chi connectivity index (χ0) is 15.7. The standard InChI is InChI=1S/C16H21F3O2/c1-2-3-4-5-6-7-11-21-15(20)13-9-8-10-14(12-13)16(17,18)19/h8-10,12H,2-7,11H2,1H3. The van der Waals surface area contributed by atoms with Crippen molar-refractivity contribution in [3.63, 3.8) is 0 Å². The molecule has 5 heteroatoms. The highest BCUT2D eigenvalue weighted by molar-refractivity contribution is 5.89. The second kappa shape index (κ2) is 8.70. The Balaban J connectivity index is 2.36. The van der Waals surface area contributed by atoms with E-state index < -0.39 is 17.7 Å². The Morgan fingerprint density at radius 2 is 1.76 bits per heavy atom. The molecule has 1 aromatic carbocycles. The van der Waals surface area contributed by atoms with Gasteiger partial charge in [-0.15, -0.1) is 0 Å². The molecule has 0 saturated heterocycles. The van der Waals surface area contributed by atoms with Gasteiger partial charge in [-0.1, -0.05) is 45.1 Å². The summed E-state index contributed by atoms with van der Waals surface area (Å²) in [4.78, 5) is 11.7. The smallest absolute Gasteiger partial charge is 0.416 e. The average Bonchev–Trinajstić information content (AvgIpc) is 2.45. The van der Waals surface area contributed by atoms with E-state index in [0.717, 1.165) is 37.8 Å². The maximum absolute atomic E-state index is 12.5. The van der Waals surface area contributed by atoms with Gasteiger partial charge in [0.15, 0.2) is 0 Å². The zero-order valence-corrected chi connectivity index (χ0v) is 12.2. The van der Waals surface area contributed by atoms with Gasteiger partial charge < -0.3 is 4.74 Å². The first kappa shape index (κ1) is 17.5. The summed E-state index contributed by atoms with van der Waals surface area (Å²) in [7, 11) is 0. The molecule has 1 rings (SSSR count). The van der Waals surface area contributed by atoms with Crippen LogP contribution in [0.4, 0.5) is 13.2 Å². The molecule has 0 radical (unpaired) electrons. The molecule has 1 aromatic rings. The fourth-order valence-corrected chi connectivity index (χ4v) is 1.95. The molecule has 0 N–H and O–H groups in total. The number of hydrogen-bond acceptors (Lipinski definition) is 2. The summed E-state index contributed by atoms with van der Waals surface area (Å²) in [5.74, 6) is -0.699. The Kier molecular flexibility index (Phi) is 7.26. The topological polar surface area (TPSA) is 26.3 Å². The number of unbranched alkanes of at least 4 members (excludes halogenated alkanes) is 5. The Morgan fingerprint density at radius 3 is 2.43 bits per heavy atom. The van der Waals surface area contributed by atoms with E-state index in [1.807, 2.05) is 0 Å². The van der Waals surface area contributed by atoms with E-state index in [1.165, 1.54) is 25.0 Å². The van der Waals surface area contributed by atoms with Crippen molar-refractivity contribution in [2.24, 2.45) is 0 Å². The molecule has 0 amide bonds. The highest BCUT2D eigenvalue weighted by atomic mass is 19.4. The Bertz CT molecular complexity index is 441. The highest BCUT2D eigenvalue weighted by Gasteiger charge is 2.31. The summed E-state index contributed by atoms with van der Waals surface area (Å²) >= 11 is 0. The summed E-state index contributed by atoms with van der Waals surface area (Å²) in [6.07, 6.45) is 1.89. The van der Waals surface area contributed by atoms with Crippen molar-refractivity contribution in [3.05, 3.63) is 35.4 Å². The molecule has 2 nitrogen and oxygen atoms in total. The number of benzene rings is 1. The maximum atomic E-state index is 12.5.